The third-order valence-corrected chi connectivity index (χ3v) is 3.66. The maximum Gasteiger partial charge on any atom is 0.273 e. The molecule has 98 valence electrons. The normalized spacial score (nSPS) is 16.2. The standard InChI is InChI=1S/C12H17N3O2S/c1-9(16)13-12-14-10(8-18-12)11(17)15-6-4-2-3-5-7-15/h8H,2-7H2,1H3,(H,13,14,16). The summed E-state index contributed by atoms with van der Waals surface area (Å²) in [6.07, 6.45) is 4.51. The molecular weight excluding hydrogens is 250 g/mol. The van der Waals surface area contributed by atoms with Gasteiger partial charge in [-0.15, -0.1) is 11.3 Å². The van der Waals surface area contributed by atoms with E-state index in [1.165, 1.54) is 31.1 Å². The molecule has 2 heterocycles. The van der Waals surface area contributed by atoms with E-state index in [1.54, 1.807) is 5.38 Å². The maximum absolute atomic E-state index is 12.2. The number of thiazole rings is 1. The van der Waals surface area contributed by atoms with Gasteiger partial charge in [-0.25, -0.2) is 4.98 Å². The number of carbonyl (C=O) groups is 2. The van der Waals surface area contributed by atoms with Gasteiger partial charge in [-0.3, -0.25) is 9.59 Å². The second-order valence-corrected chi connectivity index (χ2v) is 5.28. The van der Waals surface area contributed by atoms with Crippen molar-refractivity contribution >= 4 is 28.3 Å². The van der Waals surface area contributed by atoms with Crippen molar-refractivity contribution in [3.8, 4) is 0 Å². The second kappa shape index (κ2) is 5.95. The first-order valence-electron chi connectivity index (χ1n) is 6.19. The molecule has 1 aliphatic heterocycles. The van der Waals surface area contributed by atoms with E-state index in [1.807, 2.05) is 4.90 Å². The monoisotopic (exact) mass is 267 g/mol. The zero-order valence-electron chi connectivity index (χ0n) is 10.4. The van der Waals surface area contributed by atoms with Crippen LogP contribution in [0.3, 0.4) is 0 Å². The van der Waals surface area contributed by atoms with E-state index in [2.05, 4.69) is 10.3 Å². The van der Waals surface area contributed by atoms with Crippen LogP contribution in [0.2, 0.25) is 0 Å². The number of hydrogen-bond acceptors (Lipinski definition) is 4. The maximum atomic E-state index is 12.2. The lowest BCUT2D eigenvalue weighted by Crippen LogP contribution is -2.32. The summed E-state index contributed by atoms with van der Waals surface area (Å²) >= 11 is 1.28. The Hall–Kier alpha value is -1.43. The Morgan fingerprint density at radius 1 is 1.28 bits per heavy atom. The summed E-state index contributed by atoms with van der Waals surface area (Å²) in [5.41, 5.74) is 0.436. The SMILES string of the molecule is CC(=O)Nc1nc(C(=O)N2CCCCCC2)cs1. The number of aromatic nitrogens is 1. The highest BCUT2D eigenvalue weighted by Gasteiger charge is 2.19. The highest BCUT2D eigenvalue weighted by molar-refractivity contribution is 7.14. The fourth-order valence-electron chi connectivity index (χ4n) is 2.02. The van der Waals surface area contributed by atoms with Gasteiger partial charge in [0.2, 0.25) is 5.91 Å². The first-order valence-corrected chi connectivity index (χ1v) is 7.07. The number of anilines is 1. The number of nitrogens with one attached hydrogen (secondary N) is 1. The molecule has 0 spiro atoms. The average molecular weight is 267 g/mol. The molecule has 0 aromatic carbocycles. The fourth-order valence-corrected chi connectivity index (χ4v) is 2.75. The predicted octanol–water partition coefficient (Wildman–Crippen LogP) is 2.12. The van der Waals surface area contributed by atoms with Crippen molar-refractivity contribution in [3.63, 3.8) is 0 Å². The van der Waals surface area contributed by atoms with E-state index in [0.717, 1.165) is 25.9 Å². The van der Waals surface area contributed by atoms with Gasteiger partial charge in [0.25, 0.3) is 5.91 Å². The molecular formula is C12H17N3O2S. The summed E-state index contributed by atoms with van der Waals surface area (Å²) in [6.45, 7) is 3.05. The van der Waals surface area contributed by atoms with Gasteiger partial charge in [0.05, 0.1) is 0 Å². The predicted molar refractivity (Wildman–Crippen MR) is 70.8 cm³/mol. The van der Waals surface area contributed by atoms with Crippen LogP contribution in [0.25, 0.3) is 0 Å². The lowest BCUT2D eigenvalue weighted by molar-refractivity contribution is -0.114. The Labute approximate surface area is 110 Å². The van der Waals surface area contributed by atoms with E-state index in [9.17, 15) is 9.59 Å². The average Bonchev–Trinajstić information content (AvgIpc) is 2.63. The van der Waals surface area contributed by atoms with Gasteiger partial charge >= 0.3 is 0 Å². The van der Waals surface area contributed by atoms with Crippen LogP contribution < -0.4 is 5.32 Å². The molecule has 0 unspecified atom stereocenters. The lowest BCUT2D eigenvalue weighted by Gasteiger charge is -2.18. The van der Waals surface area contributed by atoms with Gasteiger partial charge in [0.15, 0.2) is 5.13 Å². The topological polar surface area (TPSA) is 62.3 Å². The zero-order valence-corrected chi connectivity index (χ0v) is 11.3. The highest BCUT2D eigenvalue weighted by atomic mass is 32.1. The smallest absolute Gasteiger partial charge is 0.273 e. The summed E-state index contributed by atoms with van der Waals surface area (Å²) < 4.78 is 0. The lowest BCUT2D eigenvalue weighted by atomic mass is 10.2. The van der Waals surface area contributed by atoms with Gasteiger partial charge in [-0.2, -0.15) is 0 Å². The molecule has 18 heavy (non-hydrogen) atoms. The number of rotatable bonds is 2. The molecule has 1 saturated heterocycles. The molecule has 1 aromatic rings. The molecule has 1 fully saturated rings. The first-order chi connectivity index (χ1) is 8.66. The van der Waals surface area contributed by atoms with Crippen molar-refractivity contribution in [2.24, 2.45) is 0 Å². The van der Waals surface area contributed by atoms with Gasteiger partial charge in [-0.05, 0) is 12.8 Å². The van der Waals surface area contributed by atoms with E-state index < -0.39 is 0 Å². The first kappa shape index (κ1) is 13.0. The van der Waals surface area contributed by atoms with E-state index in [0.29, 0.717) is 10.8 Å². The quantitative estimate of drug-likeness (QED) is 0.892. The molecule has 2 rings (SSSR count). The van der Waals surface area contributed by atoms with Crippen LogP contribution in [0.4, 0.5) is 5.13 Å². The van der Waals surface area contributed by atoms with Crippen molar-refractivity contribution < 1.29 is 9.59 Å². The van der Waals surface area contributed by atoms with Crippen molar-refractivity contribution in [3.05, 3.63) is 11.1 Å². The molecule has 1 aromatic heterocycles. The molecule has 0 saturated carbocycles. The van der Waals surface area contributed by atoms with Gasteiger partial charge in [0, 0.05) is 25.4 Å². The summed E-state index contributed by atoms with van der Waals surface area (Å²) in [6, 6.07) is 0. The number of hydrogen-bond donors (Lipinski definition) is 1. The Balaban J connectivity index is 2.03. The molecule has 1 N–H and O–H groups in total. The molecule has 6 heteroatoms. The number of likely N-dealkylation sites (tertiary alicyclic amines) is 1. The molecule has 5 nitrogen and oxygen atoms in total. The molecule has 1 aliphatic rings. The minimum Gasteiger partial charge on any atom is -0.337 e. The number of carbonyl (C=O) groups excluding carboxylic acids is 2. The molecule has 0 aliphatic carbocycles. The minimum absolute atomic E-state index is 0.0234. The van der Waals surface area contributed by atoms with E-state index in [4.69, 9.17) is 0 Å². The van der Waals surface area contributed by atoms with E-state index in [-0.39, 0.29) is 11.8 Å². The molecule has 2 amide bonds. The van der Waals surface area contributed by atoms with Crippen molar-refractivity contribution in [1.82, 2.24) is 9.88 Å². The van der Waals surface area contributed by atoms with Crippen LogP contribution in [-0.2, 0) is 4.79 Å². The molecule has 0 radical (unpaired) electrons. The largest absolute Gasteiger partial charge is 0.337 e. The molecule has 0 atom stereocenters. The van der Waals surface area contributed by atoms with Crippen molar-refractivity contribution in [1.29, 1.82) is 0 Å². The summed E-state index contributed by atoms with van der Waals surface area (Å²) in [7, 11) is 0. The minimum atomic E-state index is -0.168. The van der Waals surface area contributed by atoms with Crippen molar-refractivity contribution in [2.45, 2.75) is 32.6 Å². The third-order valence-electron chi connectivity index (χ3n) is 2.90. The fraction of sp³-hybridized carbons (Fsp3) is 0.583. The Morgan fingerprint density at radius 3 is 2.56 bits per heavy atom. The number of amides is 2. The van der Waals surface area contributed by atoms with Crippen LogP contribution in [0.15, 0.2) is 5.38 Å². The molecule has 0 bridgehead atoms. The van der Waals surface area contributed by atoms with Crippen LogP contribution in [0.5, 0.6) is 0 Å². The van der Waals surface area contributed by atoms with Crippen LogP contribution in [0, 0.1) is 0 Å². The third kappa shape index (κ3) is 3.29. The van der Waals surface area contributed by atoms with E-state index >= 15 is 0 Å². The Bertz CT molecular complexity index is 436. The summed E-state index contributed by atoms with van der Waals surface area (Å²) in [4.78, 5) is 29.1. The van der Waals surface area contributed by atoms with Gasteiger partial charge < -0.3 is 10.2 Å². The summed E-state index contributed by atoms with van der Waals surface area (Å²) in [5.74, 6) is -0.192. The van der Waals surface area contributed by atoms with Crippen LogP contribution in [0.1, 0.15) is 43.1 Å². The van der Waals surface area contributed by atoms with Crippen LogP contribution in [-0.4, -0.2) is 34.8 Å². The van der Waals surface area contributed by atoms with Gasteiger partial charge in [0.1, 0.15) is 5.69 Å². The zero-order chi connectivity index (χ0) is 13.0. The van der Waals surface area contributed by atoms with Crippen molar-refractivity contribution in [2.75, 3.05) is 18.4 Å². The van der Waals surface area contributed by atoms with Gasteiger partial charge in [-0.1, -0.05) is 12.8 Å². The van der Waals surface area contributed by atoms with Crippen LogP contribution >= 0.6 is 11.3 Å². The number of nitrogens with zero attached hydrogens (tertiary/aromatic N) is 2. The Morgan fingerprint density at radius 2 is 1.94 bits per heavy atom. The Kier molecular flexibility index (Phi) is 4.30. The highest BCUT2D eigenvalue weighted by Crippen LogP contribution is 2.18. The summed E-state index contributed by atoms with van der Waals surface area (Å²) in [5, 5.41) is 4.79. The second-order valence-electron chi connectivity index (χ2n) is 4.43.